The van der Waals surface area contributed by atoms with Crippen molar-refractivity contribution in [3.05, 3.63) is 53.9 Å². The summed E-state index contributed by atoms with van der Waals surface area (Å²) in [5.74, 6) is 0.719. The third kappa shape index (κ3) is 3.49. The molecule has 0 unspecified atom stereocenters. The Morgan fingerprint density at radius 2 is 2.05 bits per heavy atom. The lowest BCUT2D eigenvalue weighted by atomic mass is 10.2. The first-order valence-electron chi connectivity index (χ1n) is 6.32. The standard InChI is InChI=1S/C15H16N2O4/c1-11-6-3-4-8-14(11)21-10-12-13(7-5-9-16-12)17(19)15(18)20-2/h3-9,19H,10H2,1-2H3. The lowest BCUT2D eigenvalue weighted by Crippen LogP contribution is -2.28. The average Bonchev–Trinajstić information content (AvgIpc) is 2.53. The highest BCUT2D eigenvalue weighted by Gasteiger charge is 2.18. The number of rotatable bonds is 4. The second kappa shape index (κ2) is 6.71. The number of pyridine rings is 1. The number of anilines is 1. The van der Waals surface area contributed by atoms with Crippen molar-refractivity contribution < 1.29 is 19.5 Å². The van der Waals surface area contributed by atoms with Crippen molar-refractivity contribution >= 4 is 11.8 Å². The fraction of sp³-hybridized carbons (Fsp3) is 0.200. The maximum absolute atomic E-state index is 11.4. The first-order valence-corrected chi connectivity index (χ1v) is 6.32. The van der Waals surface area contributed by atoms with Crippen LogP contribution in [0.15, 0.2) is 42.6 Å². The number of aromatic nitrogens is 1. The van der Waals surface area contributed by atoms with Gasteiger partial charge in [-0.1, -0.05) is 18.2 Å². The minimum atomic E-state index is -0.889. The van der Waals surface area contributed by atoms with Gasteiger partial charge in [0.2, 0.25) is 0 Å². The number of hydrogen-bond donors (Lipinski definition) is 1. The van der Waals surface area contributed by atoms with Gasteiger partial charge in [0.05, 0.1) is 7.11 Å². The van der Waals surface area contributed by atoms with E-state index >= 15 is 0 Å². The van der Waals surface area contributed by atoms with E-state index in [1.54, 1.807) is 18.3 Å². The number of benzene rings is 1. The van der Waals surface area contributed by atoms with Crippen molar-refractivity contribution in [2.75, 3.05) is 12.2 Å². The highest BCUT2D eigenvalue weighted by molar-refractivity contribution is 5.85. The summed E-state index contributed by atoms with van der Waals surface area (Å²) in [7, 11) is 1.19. The quantitative estimate of drug-likeness (QED) is 0.691. The molecule has 2 rings (SSSR count). The van der Waals surface area contributed by atoms with Crippen molar-refractivity contribution in [3.63, 3.8) is 0 Å². The van der Waals surface area contributed by atoms with Crippen molar-refractivity contribution in [1.82, 2.24) is 4.98 Å². The molecular weight excluding hydrogens is 272 g/mol. The van der Waals surface area contributed by atoms with Crippen LogP contribution in [0.25, 0.3) is 0 Å². The van der Waals surface area contributed by atoms with Gasteiger partial charge in [-0.25, -0.2) is 4.79 Å². The topological polar surface area (TPSA) is 71.9 Å². The molecule has 0 fully saturated rings. The predicted octanol–water partition coefficient (Wildman–Crippen LogP) is 2.93. The zero-order valence-electron chi connectivity index (χ0n) is 11.8. The Morgan fingerprint density at radius 3 is 2.76 bits per heavy atom. The Labute approximate surface area is 122 Å². The molecule has 0 spiro atoms. The second-order valence-corrected chi connectivity index (χ2v) is 4.31. The fourth-order valence-corrected chi connectivity index (χ4v) is 1.78. The summed E-state index contributed by atoms with van der Waals surface area (Å²) in [4.78, 5) is 15.5. The number of ether oxygens (including phenoxy) is 2. The zero-order valence-corrected chi connectivity index (χ0v) is 11.8. The molecular formula is C15H16N2O4. The summed E-state index contributed by atoms with van der Waals surface area (Å²) in [5.41, 5.74) is 1.63. The Hall–Kier alpha value is -2.60. The molecule has 1 aromatic heterocycles. The molecule has 21 heavy (non-hydrogen) atoms. The Balaban J connectivity index is 2.17. The second-order valence-electron chi connectivity index (χ2n) is 4.31. The van der Waals surface area contributed by atoms with Gasteiger partial charge in [0.1, 0.15) is 23.7 Å². The molecule has 1 aromatic carbocycles. The number of nitrogens with zero attached hydrogens (tertiary/aromatic N) is 2. The smallest absolute Gasteiger partial charge is 0.438 e. The first-order chi connectivity index (χ1) is 10.1. The average molecular weight is 288 g/mol. The van der Waals surface area contributed by atoms with Gasteiger partial charge in [-0.3, -0.25) is 10.2 Å². The molecule has 0 atom stereocenters. The SMILES string of the molecule is COC(=O)N(O)c1cccnc1COc1ccccc1C. The van der Waals surface area contributed by atoms with E-state index in [2.05, 4.69) is 9.72 Å². The van der Waals surface area contributed by atoms with Gasteiger partial charge in [-0.15, -0.1) is 0 Å². The van der Waals surface area contributed by atoms with Crippen LogP contribution in [0.2, 0.25) is 0 Å². The molecule has 6 nitrogen and oxygen atoms in total. The number of carbonyl (C=O) groups excluding carboxylic acids is 1. The van der Waals surface area contributed by atoms with Crippen LogP contribution in [0.3, 0.4) is 0 Å². The molecule has 0 radical (unpaired) electrons. The molecule has 0 aliphatic rings. The number of methoxy groups -OCH3 is 1. The Morgan fingerprint density at radius 1 is 1.29 bits per heavy atom. The molecule has 1 N–H and O–H groups in total. The van der Waals surface area contributed by atoms with E-state index in [1.807, 2.05) is 31.2 Å². The summed E-state index contributed by atoms with van der Waals surface area (Å²) in [6, 6.07) is 10.7. The number of hydrogen-bond acceptors (Lipinski definition) is 5. The van der Waals surface area contributed by atoms with Gasteiger partial charge in [-0.05, 0) is 30.7 Å². The van der Waals surface area contributed by atoms with Gasteiger partial charge >= 0.3 is 6.09 Å². The van der Waals surface area contributed by atoms with E-state index in [4.69, 9.17) is 4.74 Å². The third-order valence-electron chi connectivity index (χ3n) is 2.90. The Bertz CT molecular complexity index is 631. The van der Waals surface area contributed by atoms with Crippen LogP contribution >= 0.6 is 0 Å². The number of carbonyl (C=O) groups is 1. The summed E-state index contributed by atoms with van der Waals surface area (Å²) in [6.07, 6.45) is 0.672. The fourth-order valence-electron chi connectivity index (χ4n) is 1.78. The minimum absolute atomic E-state index is 0.120. The molecule has 0 saturated carbocycles. The zero-order chi connectivity index (χ0) is 15.2. The van der Waals surface area contributed by atoms with Crippen molar-refractivity contribution in [3.8, 4) is 5.75 Å². The predicted molar refractivity (Wildman–Crippen MR) is 76.4 cm³/mol. The van der Waals surface area contributed by atoms with Gasteiger partial charge in [0.25, 0.3) is 0 Å². The van der Waals surface area contributed by atoms with Crippen molar-refractivity contribution in [2.45, 2.75) is 13.5 Å². The largest absolute Gasteiger partial charge is 0.487 e. The molecule has 1 amide bonds. The molecule has 2 aromatic rings. The van der Waals surface area contributed by atoms with E-state index in [-0.39, 0.29) is 12.3 Å². The molecule has 0 aliphatic carbocycles. The minimum Gasteiger partial charge on any atom is -0.487 e. The molecule has 0 saturated heterocycles. The highest BCUT2D eigenvalue weighted by atomic mass is 16.6. The lowest BCUT2D eigenvalue weighted by Gasteiger charge is -2.17. The van der Waals surface area contributed by atoms with Crippen molar-refractivity contribution in [1.29, 1.82) is 0 Å². The van der Waals surface area contributed by atoms with Crippen LogP contribution in [0.1, 0.15) is 11.3 Å². The number of para-hydroxylation sites is 1. The Kier molecular flexibility index (Phi) is 4.73. The van der Waals surface area contributed by atoms with E-state index in [0.717, 1.165) is 11.3 Å². The van der Waals surface area contributed by atoms with Gasteiger partial charge in [-0.2, -0.15) is 5.06 Å². The van der Waals surface area contributed by atoms with Gasteiger partial charge < -0.3 is 9.47 Å². The molecule has 0 bridgehead atoms. The summed E-state index contributed by atoms with van der Waals surface area (Å²) < 4.78 is 10.1. The summed E-state index contributed by atoms with van der Waals surface area (Å²) in [6.45, 7) is 2.05. The molecule has 0 aliphatic heterocycles. The van der Waals surface area contributed by atoms with Crippen LogP contribution in [0, 0.1) is 6.92 Å². The van der Waals surface area contributed by atoms with E-state index in [1.165, 1.54) is 7.11 Å². The van der Waals surface area contributed by atoms with E-state index in [0.29, 0.717) is 10.8 Å². The van der Waals surface area contributed by atoms with E-state index < -0.39 is 6.09 Å². The van der Waals surface area contributed by atoms with Crippen LogP contribution in [0.5, 0.6) is 5.75 Å². The maximum Gasteiger partial charge on any atom is 0.438 e. The van der Waals surface area contributed by atoms with Crippen LogP contribution in [-0.2, 0) is 11.3 Å². The highest BCUT2D eigenvalue weighted by Crippen LogP contribution is 2.22. The van der Waals surface area contributed by atoms with Gasteiger partial charge in [0, 0.05) is 6.20 Å². The number of hydroxylamine groups is 1. The van der Waals surface area contributed by atoms with Crippen LogP contribution in [-0.4, -0.2) is 23.4 Å². The number of aryl methyl sites for hydroxylation is 1. The monoisotopic (exact) mass is 288 g/mol. The molecule has 6 heteroatoms. The summed E-state index contributed by atoms with van der Waals surface area (Å²) in [5, 5.41) is 10.2. The van der Waals surface area contributed by atoms with E-state index in [9.17, 15) is 10.0 Å². The first kappa shape index (κ1) is 14.8. The molecule has 1 heterocycles. The van der Waals surface area contributed by atoms with Crippen molar-refractivity contribution in [2.24, 2.45) is 0 Å². The third-order valence-corrected chi connectivity index (χ3v) is 2.90. The van der Waals surface area contributed by atoms with Crippen LogP contribution < -0.4 is 9.80 Å². The maximum atomic E-state index is 11.4. The lowest BCUT2D eigenvalue weighted by molar-refractivity contribution is 0.140. The number of amides is 1. The van der Waals surface area contributed by atoms with Crippen LogP contribution in [0.4, 0.5) is 10.5 Å². The van der Waals surface area contributed by atoms with Gasteiger partial charge in [0.15, 0.2) is 0 Å². The molecule has 110 valence electrons. The summed E-state index contributed by atoms with van der Waals surface area (Å²) >= 11 is 0. The normalized spacial score (nSPS) is 10.0.